The lowest BCUT2D eigenvalue weighted by atomic mass is 9.79. The van der Waals surface area contributed by atoms with Crippen LogP contribution in [-0.2, 0) is 9.31 Å². The molecular weight excluding hydrogens is 1310 g/mol. The van der Waals surface area contributed by atoms with E-state index in [0.29, 0.717) is 74.0 Å². The van der Waals surface area contributed by atoms with Crippen LogP contribution in [0.15, 0.2) is 260 Å². The van der Waals surface area contributed by atoms with Crippen LogP contribution in [0.3, 0.4) is 0 Å². The van der Waals surface area contributed by atoms with Crippen LogP contribution >= 0.6 is 34.8 Å². The third kappa shape index (κ3) is 11.4. The SMILES string of the molecule is CC1(C)OB(c2ccc3c(c2)oc2c(-c4nc(-c5ccccc5)nc(-c5ccccc5)n4)cccc23)OC1(C)C.Clc1nc(-c2ccc3c(c2)oc2c(-c4nc(-c5ccccc5)nc(-c5ccccc5)n4)cccc23)c2oc3ccccc3c2n1.Clc1nc(Cl)c2oc3ccccc3c2n1. The average molecular weight is 1370 g/mol. The number of benzene rings is 10. The summed E-state index contributed by atoms with van der Waals surface area (Å²) in [5.74, 6) is 3.49. The second kappa shape index (κ2) is 25.1. The fourth-order valence-electron chi connectivity index (χ4n) is 12.4. The van der Waals surface area contributed by atoms with E-state index in [1.807, 2.05) is 224 Å². The summed E-state index contributed by atoms with van der Waals surface area (Å²) in [6.45, 7) is 8.23. The van der Waals surface area contributed by atoms with Crippen molar-refractivity contribution in [2.75, 3.05) is 0 Å². The van der Waals surface area contributed by atoms with Crippen molar-refractivity contribution < 1.29 is 27.0 Å². The van der Waals surface area contributed by atoms with Gasteiger partial charge in [-0.05, 0) is 111 Å². The summed E-state index contributed by atoms with van der Waals surface area (Å²) in [4.78, 5) is 46.3. The summed E-state index contributed by atoms with van der Waals surface area (Å²) in [5.41, 5.74) is 13.4. The van der Waals surface area contributed by atoms with E-state index in [-0.39, 0.29) is 15.7 Å². The molecule has 0 unspecified atom stereocenters. The number of fused-ring (bicyclic) bond motifs is 12. The molecule has 100 heavy (non-hydrogen) atoms. The minimum Gasteiger partial charge on any atom is -0.455 e. The van der Waals surface area contributed by atoms with Gasteiger partial charge in [0.25, 0.3) is 0 Å². The molecule has 0 spiro atoms. The molecule has 1 saturated heterocycles. The van der Waals surface area contributed by atoms with E-state index in [9.17, 15) is 0 Å². The zero-order valence-corrected chi connectivity index (χ0v) is 56.0. The monoisotopic (exact) mass is 1360 g/mol. The van der Waals surface area contributed by atoms with E-state index >= 15 is 0 Å². The second-order valence-electron chi connectivity index (χ2n) is 24.9. The molecule has 1 fully saturated rings. The van der Waals surface area contributed by atoms with Gasteiger partial charge in [0, 0.05) is 60.1 Å². The molecule has 9 heterocycles. The molecule has 1 aliphatic rings. The standard InChI is InChI=1S/C37H20ClN5O2.C33H28BN3O3.C10H4Cl2N2O/c38-37-39-30(33-31(40-37)26-14-7-8-17-28(26)44-33)23-18-19-24-25-15-9-16-27(32(25)45-29(24)20-23)36-42-34(21-10-3-1-4-11-21)41-35(43-36)22-12-5-2-6-13-22;1-32(2)33(3,4)40-34(39-32)23-18-19-24-25-16-11-17-26(28(25)38-27(24)20-23)31-36-29(21-12-7-5-8-13-21)35-30(37-31)22-14-9-6-10-15-22;11-9-8-7(13-10(12)14-9)5-3-1-2-4-6(5)15-8/h1-20H;5-20H,1-4H3;1-4H. The zero-order chi connectivity index (χ0) is 67.8. The largest absolute Gasteiger partial charge is 0.494 e. The van der Waals surface area contributed by atoms with Gasteiger partial charge in [-0.2, -0.15) is 0 Å². The van der Waals surface area contributed by atoms with Crippen molar-refractivity contribution in [2.45, 2.75) is 38.9 Å². The van der Waals surface area contributed by atoms with Crippen molar-refractivity contribution in [1.29, 1.82) is 0 Å². The van der Waals surface area contributed by atoms with Crippen molar-refractivity contribution in [3.63, 3.8) is 0 Å². The Hall–Kier alpha value is -11.6. The van der Waals surface area contributed by atoms with E-state index in [4.69, 9.17) is 91.7 Å². The molecule has 0 atom stereocenters. The molecule has 8 aromatic heterocycles. The van der Waals surface area contributed by atoms with Crippen LogP contribution < -0.4 is 5.46 Å². The molecule has 0 radical (unpaired) electrons. The van der Waals surface area contributed by atoms with Gasteiger partial charge in [0.2, 0.25) is 10.6 Å². The van der Waals surface area contributed by atoms with Crippen molar-refractivity contribution in [3.05, 3.63) is 258 Å². The summed E-state index contributed by atoms with van der Waals surface area (Å²) >= 11 is 18.0. The van der Waals surface area contributed by atoms with Crippen LogP contribution in [0.1, 0.15) is 27.7 Å². The van der Waals surface area contributed by atoms with Crippen LogP contribution in [0.4, 0.5) is 0 Å². The number of para-hydroxylation sites is 4. The van der Waals surface area contributed by atoms with E-state index < -0.39 is 18.3 Å². The van der Waals surface area contributed by atoms with E-state index in [1.165, 1.54) is 0 Å². The van der Waals surface area contributed by atoms with Gasteiger partial charge in [0.15, 0.2) is 51.3 Å². The molecule has 0 N–H and O–H groups in total. The van der Waals surface area contributed by atoms with Gasteiger partial charge in [0.05, 0.1) is 22.3 Å². The van der Waals surface area contributed by atoms with Gasteiger partial charge < -0.3 is 27.0 Å². The van der Waals surface area contributed by atoms with Gasteiger partial charge >= 0.3 is 7.12 Å². The summed E-state index contributed by atoms with van der Waals surface area (Å²) in [6, 6.07) is 79.3. The number of nitrogens with zero attached hydrogens (tertiary/aromatic N) is 10. The van der Waals surface area contributed by atoms with E-state index in [1.54, 1.807) is 0 Å². The van der Waals surface area contributed by atoms with Crippen LogP contribution in [0.2, 0.25) is 15.7 Å². The molecule has 19 rings (SSSR count). The highest BCUT2D eigenvalue weighted by Crippen LogP contribution is 2.43. The molecular formula is C80H52BCl3N10O6. The first-order valence-electron chi connectivity index (χ1n) is 32.1. The van der Waals surface area contributed by atoms with Crippen LogP contribution in [0.25, 0.3) is 168 Å². The van der Waals surface area contributed by atoms with Crippen LogP contribution in [0.5, 0.6) is 0 Å². The Kier molecular flexibility index (Phi) is 15.5. The molecule has 482 valence electrons. The molecule has 0 saturated carbocycles. The molecule has 0 aliphatic carbocycles. The number of aromatic nitrogens is 10. The Labute approximate surface area is 585 Å². The molecule has 20 heteroatoms. The minimum atomic E-state index is -0.465. The molecule has 16 nitrogen and oxygen atoms in total. The van der Waals surface area contributed by atoms with Gasteiger partial charge in [-0.25, -0.2) is 49.8 Å². The van der Waals surface area contributed by atoms with Crippen molar-refractivity contribution in [2.24, 2.45) is 0 Å². The van der Waals surface area contributed by atoms with Crippen LogP contribution in [-0.4, -0.2) is 68.2 Å². The number of rotatable bonds is 8. The predicted octanol–water partition coefficient (Wildman–Crippen LogP) is 20.5. The Morgan fingerprint density at radius 1 is 0.290 bits per heavy atom. The topological polar surface area (TPSA) is 200 Å². The maximum Gasteiger partial charge on any atom is 0.494 e. The third-order valence-electron chi connectivity index (χ3n) is 18.0. The van der Waals surface area contributed by atoms with Crippen molar-refractivity contribution in [1.82, 2.24) is 49.8 Å². The Morgan fingerprint density at radius 3 is 1.15 bits per heavy atom. The highest BCUT2D eigenvalue weighted by atomic mass is 35.5. The Bertz CT molecular complexity index is 6070. The van der Waals surface area contributed by atoms with E-state index in [2.05, 4.69) is 65.8 Å². The van der Waals surface area contributed by atoms with Gasteiger partial charge in [-0.1, -0.05) is 200 Å². The minimum absolute atomic E-state index is 0.124. The first-order valence-corrected chi connectivity index (χ1v) is 33.2. The Balaban J connectivity index is 0.000000124. The lowest BCUT2D eigenvalue weighted by molar-refractivity contribution is 0.00578. The third-order valence-corrected chi connectivity index (χ3v) is 18.6. The highest BCUT2D eigenvalue weighted by Gasteiger charge is 2.52. The summed E-state index contributed by atoms with van der Waals surface area (Å²) < 4.78 is 37.4. The lowest BCUT2D eigenvalue weighted by Crippen LogP contribution is -2.41. The van der Waals surface area contributed by atoms with Crippen LogP contribution in [0, 0.1) is 0 Å². The van der Waals surface area contributed by atoms with Gasteiger partial charge in [-0.3, -0.25) is 0 Å². The number of hydrogen-bond acceptors (Lipinski definition) is 16. The summed E-state index contributed by atoms with van der Waals surface area (Å²) in [7, 11) is -0.465. The smallest absolute Gasteiger partial charge is 0.455 e. The number of furan rings is 4. The summed E-state index contributed by atoms with van der Waals surface area (Å²) in [6.07, 6.45) is 0. The first-order chi connectivity index (χ1) is 48.7. The fraction of sp³-hybridized carbons (Fsp3) is 0.0750. The first kappa shape index (κ1) is 62.0. The van der Waals surface area contributed by atoms with Crippen molar-refractivity contribution >= 4 is 135 Å². The normalized spacial score (nSPS) is 13.4. The summed E-state index contributed by atoms with van der Waals surface area (Å²) in [5, 5.41) is 6.19. The molecule has 18 aromatic rings. The Morgan fingerprint density at radius 2 is 0.670 bits per heavy atom. The maximum atomic E-state index is 6.59. The van der Waals surface area contributed by atoms with Gasteiger partial charge in [-0.15, -0.1) is 0 Å². The number of halogens is 3. The highest BCUT2D eigenvalue weighted by molar-refractivity contribution is 6.62. The second-order valence-corrected chi connectivity index (χ2v) is 25.9. The maximum absolute atomic E-state index is 6.59. The molecule has 1 aliphatic heterocycles. The average Bonchev–Trinajstić information content (AvgIpc) is 1.57. The van der Waals surface area contributed by atoms with Gasteiger partial charge in [0.1, 0.15) is 50.2 Å². The number of hydrogen-bond donors (Lipinski definition) is 0. The van der Waals surface area contributed by atoms with Crippen molar-refractivity contribution in [3.8, 4) is 79.6 Å². The predicted molar refractivity (Wildman–Crippen MR) is 395 cm³/mol. The zero-order valence-electron chi connectivity index (χ0n) is 53.7. The quantitative estimate of drug-likeness (QED) is 0.0789. The molecule has 10 aromatic carbocycles. The molecule has 0 bridgehead atoms. The molecule has 0 amide bonds. The lowest BCUT2D eigenvalue weighted by Gasteiger charge is -2.32. The van der Waals surface area contributed by atoms with E-state index in [0.717, 1.165) is 99.1 Å². The fourth-order valence-corrected chi connectivity index (χ4v) is 13.0.